The van der Waals surface area contributed by atoms with Gasteiger partial charge in [-0.15, -0.1) is 11.8 Å². The molecule has 21 heavy (non-hydrogen) atoms. The number of ether oxygens (including phenoxy) is 1. The van der Waals surface area contributed by atoms with Crippen molar-refractivity contribution < 1.29 is 9.53 Å². The van der Waals surface area contributed by atoms with Gasteiger partial charge >= 0.3 is 0 Å². The summed E-state index contributed by atoms with van der Waals surface area (Å²) in [4.78, 5) is 13.3. The van der Waals surface area contributed by atoms with Gasteiger partial charge in [-0.3, -0.25) is 4.79 Å². The molecule has 1 N–H and O–H groups in total. The number of anilines is 1. The highest BCUT2D eigenvalue weighted by atomic mass is 32.2. The average molecular weight is 301 g/mol. The fourth-order valence-corrected chi connectivity index (χ4v) is 2.60. The second-order valence-electron chi connectivity index (χ2n) is 4.49. The van der Waals surface area contributed by atoms with Crippen LogP contribution in [0.15, 0.2) is 59.5 Å². The van der Waals surface area contributed by atoms with Crippen molar-refractivity contribution in [1.82, 2.24) is 0 Å². The van der Waals surface area contributed by atoms with Gasteiger partial charge in [0.05, 0.1) is 5.69 Å². The van der Waals surface area contributed by atoms with E-state index in [0.29, 0.717) is 5.75 Å². The van der Waals surface area contributed by atoms with Gasteiger partial charge in [-0.05, 0) is 36.9 Å². The predicted molar refractivity (Wildman–Crippen MR) is 88.0 cm³/mol. The number of hydrogen-bond donors (Lipinski definition) is 1. The standard InChI is InChI=1S/C17H19NO2S/c1-3-21-16-12-8-7-11-15(16)18-17(19)13(2)20-14-9-5-4-6-10-14/h4-13H,3H2,1-2H3,(H,18,19). The Balaban J connectivity index is 2.01. The second-order valence-corrected chi connectivity index (χ2v) is 5.80. The van der Waals surface area contributed by atoms with Crippen molar-refractivity contribution in [1.29, 1.82) is 0 Å². The lowest BCUT2D eigenvalue weighted by Gasteiger charge is -2.16. The lowest BCUT2D eigenvalue weighted by Crippen LogP contribution is -2.30. The van der Waals surface area contributed by atoms with Crippen LogP contribution in [0, 0.1) is 0 Å². The van der Waals surface area contributed by atoms with E-state index in [2.05, 4.69) is 12.2 Å². The third-order valence-electron chi connectivity index (χ3n) is 2.87. The maximum atomic E-state index is 12.2. The summed E-state index contributed by atoms with van der Waals surface area (Å²) in [6.45, 7) is 3.84. The Labute approximate surface area is 129 Å². The normalized spacial score (nSPS) is 11.7. The Kier molecular flexibility index (Phi) is 5.69. The third-order valence-corrected chi connectivity index (χ3v) is 3.83. The SMILES string of the molecule is CCSc1ccccc1NC(=O)C(C)Oc1ccccc1. The van der Waals surface area contributed by atoms with Crippen LogP contribution in [0.2, 0.25) is 0 Å². The number of carbonyl (C=O) groups excluding carboxylic acids is 1. The number of benzene rings is 2. The molecule has 0 aliphatic rings. The lowest BCUT2D eigenvalue weighted by molar-refractivity contribution is -0.122. The van der Waals surface area contributed by atoms with Crippen LogP contribution >= 0.6 is 11.8 Å². The van der Waals surface area contributed by atoms with Crippen LogP contribution in [-0.4, -0.2) is 17.8 Å². The highest BCUT2D eigenvalue weighted by molar-refractivity contribution is 7.99. The summed E-state index contributed by atoms with van der Waals surface area (Å²) in [5, 5.41) is 2.93. The van der Waals surface area contributed by atoms with Crippen molar-refractivity contribution in [3.8, 4) is 5.75 Å². The van der Waals surface area contributed by atoms with Crippen molar-refractivity contribution in [2.75, 3.05) is 11.1 Å². The summed E-state index contributed by atoms with van der Waals surface area (Å²) in [7, 11) is 0. The van der Waals surface area contributed by atoms with Gasteiger partial charge in [0.25, 0.3) is 5.91 Å². The minimum absolute atomic E-state index is 0.150. The molecule has 0 fully saturated rings. The van der Waals surface area contributed by atoms with Gasteiger partial charge in [0.15, 0.2) is 6.10 Å². The summed E-state index contributed by atoms with van der Waals surface area (Å²) in [5.41, 5.74) is 0.831. The van der Waals surface area contributed by atoms with E-state index in [1.54, 1.807) is 18.7 Å². The first-order chi connectivity index (χ1) is 10.2. The van der Waals surface area contributed by atoms with Gasteiger partial charge in [0.2, 0.25) is 0 Å². The minimum atomic E-state index is -0.549. The summed E-state index contributed by atoms with van der Waals surface area (Å²) >= 11 is 1.70. The molecule has 0 saturated heterocycles. The molecule has 0 spiro atoms. The van der Waals surface area contributed by atoms with E-state index in [1.165, 1.54) is 0 Å². The van der Waals surface area contributed by atoms with E-state index in [1.807, 2.05) is 54.6 Å². The van der Waals surface area contributed by atoms with Gasteiger partial charge in [0.1, 0.15) is 5.75 Å². The first-order valence-corrected chi connectivity index (χ1v) is 7.93. The van der Waals surface area contributed by atoms with Crippen LogP contribution in [0.1, 0.15) is 13.8 Å². The third kappa shape index (κ3) is 4.53. The molecule has 3 nitrogen and oxygen atoms in total. The Morgan fingerprint density at radius 2 is 1.81 bits per heavy atom. The van der Waals surface area contributed by atoms with Crippen LogP contribution in [0.5, 0.6) is 5.75 Å². The van der Waals surface area contributed by atoms with E-state index in [-0.39, 0.29) is 5.91 Å². The fraction of sp³-hybridized carbons (Fsp3) is 0.235. The zero-order valence-electron chi connectivity index (χ0n) is 12.2. The molecule has 0 aromatic heterocycles. The molecule has 0 aliphatic heterocycles. The Hall–Kier alpha value is -1.94. The van der Waals surface area contributed by atoms with Crippen molar-refractivity contribution >= 4 is 23.4 Å². The lowest BCUT2D eigenvalue weighted by atomic mass is 10.3. The zero-order chi connectivity index (χ0) is 15.1. The minimum Gasteiger partial charge on any atom is -0.481 e. The average Bonchev–Trinajstić information content (AvgIpc) is 2.50. The predicted octanol–water partition coefficient (Wildman–Crippen LogP) is 4.20. The Bertz CT molecular complexity index is 586. The number of nitrogens with one attached hydrogen (secondary N) is 1. The van der Waals surface area contributed by atoms with Gasteiger partial charge in [0, 0.05) is 4.90 Å². The van der Waals surface area contributed by atoms with E-state index in [4.69, 9.17) is 4.74 Å². The van der Waals surface area contributed by atoms with E-state index >= 15 is 0 Å². The van der Waals surface area contributed by atoms with E-state index < -0.39 is 6.10 Å². The number of para-hydroxylation sites is 2. The summed E-state index contributed by atoms with van der Waals surface area (Å²) in [6.07, 6.45) is -0.549. The molecule has 0 radical (unpaired) electrons. The summed E-state index contributed by atoms with van der Waals surface area (Å²) in [5.74, 6) is 1.50. The highest BCUT2D eigenvalue weighted by Gasteiger charge is 2.16. The summed E-state index contributed by atoms with van der Waals surface area (Å²) < 4.78 is 5.63. The van der Waals surface area contributed by atoms with Crippen LogP contribution in [-0.2, 0) is 4.79 Å². The zero-order valence-corrected chi connectivity index (χ0v) is 13.0. The van der Waals surface area contributed by atoms with Crippen LogP contribution in [0.4, 0.5) is 5.69 Å². The van der Waals surface area contributed by atoms with Gasteiger partial charge < -0.3 is 10.1 Å². The Morgan fingerprint density at radius 1 is 1.14 bits per heavy atom. The van der Waals surface area contributed by atoms with Crippen LogP contribution < -0.4 is 10.1 Å². The molecular formula is C17H19NO2S. The van der Waals surface area contributed by atoms with Crippen molar-refractivity contribution in [3.05, 3.63) is 54.6 Å². The number of carbonyl (C=O) groups is 1. The molecule has 0 aliphatic carbocycles. The molecule has 1 atom stereocenters. The number of rotatable bonds is 6. The molecule has 2 rings (SSSR count). The van der Waals surface area contributed by atoms with Crippen molar-refractivity contribution in [2.24, 2.45) is 0 Å². The van der Waals surface area contributed by atoms with Gasteiger partial charge in [-0.2, -0.15) is 0 Å². The number of thioether (sulfide) groups is 1. The number of amides is 1. The molecule has 0 bridgehead atoms. The van der Waals surface area contributed by atoms with Crippen molar-refractivity contribution in [3.63, 3.8) is 0 Å². The Morgan fingerprint density at radius 3 is 2.52 bits per heavy atom. The number of hydrogen-bond acceptors (Lipinski definition) is 3. The van der Waals surface area contributed by atoms with Crippen molar-refractivity contribution in [2.45, 2.75) is 24.8 Å². The fourth-order valence-electron chi connectivity index (χ4n) is 1.84. The monoisotopic (exact) mass is 301 g/mol. The van der Waals surface area contributed by atoms with Gasteiger partial charge in [-0.1, -0.05) is 37.3 Å². The maximum absolute atomic E-state index is 12.2. The maximum Gasteiger partial charge on any atom is 0.265 e. The molecule has 110 valence electrons. The topological polar surface area (TPSA) is 38.3 Å². The van der Waals surface area contributed by atoms with Crippen LogP contribution in [0.25, 0.3) is 0 Å². The first kappa shape index (κ1) is 15.4. The largest absolute Gasteiger partial charge is 0.481 e. The van der Waals surface area contributed by atoms with E-state index in [9.17, 15) is 4.79 Å². The molecule has 2 aromatic rings. The molecular weight excluding hydrogens is 282 g/mol. The first-order valence-electron chi connectivity index (χ1n) is 6.95. The highest BCUT2D eigenvalue weighted by Crippen LogP contribution is 2.26. The molecule has 1 unspecified atom stereocenters. The molecule has 0 heterocycles. The molecule has 4 heteroatoms. The molecule has 0 saturated carbocycles. The van der Waals surface area contributed by atoms with Gasteiger partial charge in [-0.25, -0.2) is 0 Å². The molecule has 2 aromatic carbocycles. The smallest absolute Gasteiger partial charge is 0.265 e. The quantitative estimate of drug-likeness (QED) is 0.812. The molecule has 1 amide bonds. The summed E-state index contributed by atoms with van der Waals surface area (Å²) in [6, 6.07) is 17.2. The van der Waals surface area contributed by atoms with E-state index in [0.717, 1.165) is 16.3 Å². The second kappa shape index (κ2) is 7.74. The van der Waals surface area contributed by atoms with Crippen LogP contribution in [0.3, 0.4) is 0 Å².